The van der Waals surface area contributed by atoms with Crippen LogP contribution in [0.25, 0.3) is 0 Å². The van der Waals surface area contributed by atoms with Gasteiger partial charge in [-0.25, -0.2) is 9.97 Å². The van der Waals surface area contributed by atoms with Gasteiger partial charge in [0.05, 0.1) is 0 Å². The van der Waals surface area contributed by atoms with Gasteiger partial charge in [0.15, 0.2) is 5.16 Å². The van der Waals surface area contributed by atoms with Crippen LogP contribution in [0.3, 0.4) is 0 Å². The van der Waals surface area contributed by atoms with Crippen LogP contribution in [0.5, 0.6) is 0 Å². The largest absolute Gasteiger partial charge is 0.402 e. The maximum atomic E-state index is 12.6. The smallest absolute Gasteiger partial charge is 0.327 e. The average molecular weight is 251 g/mol. The van der Waals surface area contributed by atoms with Crippen LogP contribution in [0, 0.1) is 6.92 Å². The fourth-order valence-electron chi connectivity index (χ4n) is 1.07. The second-order valence-corrected chi connectivity index (χ2v) is 4.53. The second kappa shape index (κ2) is 5.01. The number of halogens is 3. The molecule has 16 heavy (non-hydrogen) atoms. The Labute approximate surface area is 95.7 Å². The number of aromatic nitrogens is 2. The Kier molecular flexibility index (Phi) is 4.15. The van der Waals surface area contributed by atoms with Crippen molar-refractivity contribution in [2.75, 3.05) is 0 Å². The first-order valence-electron chi connectivity index (χ1n) is 4.59. The van der Waals surface area contributed by atoms with Crippen LogP contribution in [-0.4, -0.2) is 27.4 Å². The number of hydrogen-bond donors (Lipinski definition) is 1. The van der Waals surface area contributed by atoms with E-state index in [2.05, 4.69) is 9.97 Å². The van der Waals surface area contributed by atoms with E-state index in [1.54, 1.807) is 13.0 Å². The highest BCUT2D eigenvalue weighted by Crippen LogP contribution is 2.35. The van der Waals surface area contributed by atoms with Gasteiger partial charge in [0.2, 0.25) is 0 Å². The Hall–Kier alpha value is -0.820. The molecule has 0 saturated carbocycles. The van der Waals surface area contributed by atoms with Gasteiger partial charge >= 0.3 is 6.18 Å². The fraction of sp³-hybridized carbons (Fsp3) is 0.556. The number of nitrogens with zero attached hydrogens (tertiary/aromatic N) is 2. The Morgan fingerprint density at radius 2 is 2.06 bits per heavy atom. The van der Waals surface area contributed by atoms with Gasteiger partial charge in [0, 0.05) is 17.9 Å². The van der Waals surface area contributed by atoms with E-state index < -0.39 is 17.5 Å². The van der Waals surface area contributed by atoms with Crippen LogP contribution in [0.1, 0.15) is 12.6 Å². The van der Waals surface area contributed by atoms with E-state index in [-0.39, 0.29) is 5.16 Å². The van der Waals surface area contributed by atoms with E-state index >= 15 is 0 Å². The lowest BCUT2D eigenvalue weighted by molar-refractivity contribution is -0.131. The molecular weight excluding hydrogens is 239 g/mol. The summed E-state index contributed by atoms with van der Waals surface area (Å²) in [7, 11) is 0. The summed E-state index contributed by atoms with van der Waals surface area (Å²) in [5, 5.41) is -1.59. The van der Waals surface area contributed by atoms with Gasteiger partial charge in [-0.1, -0.05) is 11.8 Å². The maximum Gasteiger partial charge on any atom is 0.402 e. The molecule has 1 heterocycles. The van der Waals surface area contributed by atoms with Crippen LogP contribution in [-0.2, 0) is 0 Å². The molecule has 2 unspecified atom stereocenters. The molecule has 0 aliphatic heterocycles. The third kappa shape index (κ3) is 3.64. The number of hydrogen-bond acceptors (Lipinski definition) is 4. The number of rotatable bonds is 3. The van der Waals surface area contributed by atoms with Crippen LogP contribution in [0.15, 0.2) is 17.4 Å². The van der Waals surface area contributed by atoms with Gasteiger partial charge in [-0.15, -0.1) is 0 Å². The topological polar surface area (TPSA) is 51.8 Å². The summed E-state index contributed by atoms with van der Waals surface area (Å²) < 4.78 is 37.8. The van der Waals surface area contributed by atoms with Gasteiger partial charge in [0.1, 0.15) is 5.25 Å². The molecule has 0 spiro atoms. The van der Waals surface area contributed by atoms with Crippen molar-refractivity contribution in [1.82, 2.24) is 9.97 Å². The predicted molar refractivity (Wildman–Crippen MR) is 56.1 cm³/mol. The van der Waals surface area contributed by atoms with Crippen molar-refractivity contribution >= 4 is 11.8 Å². The van der Waals surface area contributed by atoms with Crippen LogP contribution in [0.4, 0.5) is 13.2 Å². The minimum atomic E-state index is -4.36. The molecule has 0 radical (unpaired) electrons. The van der Waals surface area contributed by atoms with Crippen molar-refractivity contribution in [3.8, 4) is 0 Å². The van der Waals surface area contributed by atoms with Crippen LogP contribution in [0.2, 0.25) is 0 Å². The van der Waals surface area contributed by atoms with E-state index in [0.29, 0.717) is 17.5 Å². The molecule has 7 heteroatoms. The lowest BCUT2D eigenvalue weighted by atomic mass is 10.2. The van der Waals surface area contributed by atoms with Gasteiger partial charge in [-0.2, -0.15) is 13.2 Å². The summed E-state index contributed by atoms with van der Waals surface area (Å²) in [5.41, 5.74) is 5.94. The summed E-state index contributed by atoms with van der Waals surface area (Å²) in [4.78, 5) is 7.68. The van der Waals surface area contributed by atoms with Crippen molar-refractivity contribution in [3.05, 3.63) is 18.0 Å². The van der Waals surface area contributed by atoms with E-state index in [4.69, 9.17) is 5.73 Å². The summed E-state index contributed by atoms with van der Waals surface area (Å²) in [6.45, 7) is 3.02. The summed E-state index contributed by atoms with van der Waals surface area (Å²) in [6.07, 6.45) is -2.93. The van der Waals surface area contributed by atoms with Crippen molar-refractivity contribution in [1.29, 1.82) is 0 Å². The highest BCUT2D eigenvalue weighted by Gasteiger charge is 2.43. The van der Waals surface area contributed by atoms with Crippen molar-refractivity contribution in [2.24, 2.45) is 5.73 Å². The van der Waals surface area contributed by atoms with E-state index in [9.17, 15) is 13.2 Å². The minimum Gasteiger partial charge on any atom is -0.327 e. The van der Waals surface area contributed by atoms with Crippen molar-refractivity contribution in [3.63, 3.8) is 0 Å². The summed E-state index contributed by atoms with van der Waals surface area (Å²) in [6, 6.07) is 0.618. The molecule has 0 aliphatic rings. The first-order valence-corrected chi connectivity index (χ1v) is 5.47. The Balaban J connectivity index is 2.84. The first kappa shape index (κ1) is 13.2. The first-order chi connectivity index (χ1) is 7.30. The third-order valence-corrected chi connectivity index (χ3v) is 3.16. The van der Waals surface area contributed by atoms with Crippen LogP contribution < -0.4 is 5.73 Å². The predicted octanol–water partition coefficient (Wildman–Crippen LogP) is 2.16. The van der Waals surface area contributed by atoms with Gasteiger partial charge in [0.25, 0.3) is 0 Å². The quantitative estimate of drug-likeness (QED) is 0.660. The summed E-state index contributed by atoms with van der Waals surface area (Å²) >= 11 is 0.546. The highest BCUT2D eigenvalue weighted by atomic mass is 32.2. The van der Waals surface area contributed by atoms with Gasteiger partial charge in [-0.3, -0.25) is 0 Å². The molecule has 2 atom stereocenters. The Bertz CT molecular complexity index is 354. The van der Waals surface area contributed by atoms with E-state index in [0.717, 1.165) is 0 Å². The normalized spacial score (nSPS) is 15.9. The Morgan fingerprint density at radius 1 is 1.44 bits per heavy atom. The zero-order chi connectivity index (χ0) is 12.3. The molecule has 2 N–H and O–H groups in total. The van der Waals surface area contributed by atoms with Crippen LogP contribution >= 0.6 is 11.8 Å². The lowest BCUT2D eigenvalue weighted by Gasteiger charge is -2.22. The standard InChI is InChI=1S/C9H12F3N3S/c1-5-3-4-14-8(15-5)16-7(6(2)13)9(10,11)12/h3-4,6-7H,13H2,1-2H3. The minimum absolute atomic E-state index is 0.0969. The number of aryl methyl sites for hydroxylation is 1. The molecule has 3 nitrogen and oxygen atoms in total. The molecule has 0 bridgehead atoms. The zero-order valence-corrected chi connectivity index (χ0v) is 9.64. The highest BCUT2D eigenvalue weighted by molar-refractivity contribution is 7.99. The molecule has 1 rings (SSSR count). The molecule has 0 saturated heterocycles. The Morgan fingerprint density at radius 3 is 2.50 bits per heavy atom. The van der Waals surface area contributed by atoms with Crippen molar-refractivity contribution in [2.45, 2.75) is 36.5 Å². The molecule has 0 aromatic carbocycles. The fourth-order valence-corrected chi connectivity index (χ4v) is 1.96. The molecular formula is C9H12F3N3S. The van der Waals surface area contributed by atoms with E-state index in [1.165, 1.54) is 13.1 Å². The van der Waals surface area contributed by atoms with Crippen molar-refractivity contribution < 1.29 is 13.2 Å². The molecule has 1 aromatic heterocycles. The molecule has 0 fully saturated rings. The van der Waals surface area contributed by atoms with Gasteiger partial charge < -0.3 is 5.73 Å². The SMILES string of the molecule is Cc1ccnc(SC(C(C)N)C(F)(F)F)n1. The molecule has 90 valence electrons. The third-order valence-electron chi connectivity index (χ3n) is 1.81. The van der Waals surface area contributed by atoms with Gasteiger partial charge in [-0.05, 0) is 19.9 Å². The summed E-state index contributed by atoms with van der Waals surface area (Å²) in [5.74, 6) is 0. The monoisotopic (exact) mass is 251 g/mol. The number of nitrogens with two attached hydrogens (primary N) is 1. The lowest BCUT2D eigenvalue weighted by Crippen LogP contribution is -2.40. The zero-order valence-electron chi connectivity index (χ0n) is 8.82. The maximum absolute atomic E-state index is 12.6. The number of alkyl halides is 3. The molecule has 0 amide bonds. The van der Waals surface area contributed by atoms with E-state index in [1.807, 2.05) is 0 Å². The average Bonchev–Trinajstić information content (AvgIpc) is 2.12. The molecule has 0 aliphatic carbocycles. The second-order valence-electron chi connectivity index (χ2n) is 3.42. The molecule has 1 aromatic rings. The number of thioether (sulfide) groups is 1.